The van der Waals surface area contributed by atoms with Crippen LogP contribution in [0.15, 0.2) is 54.0 Å². The third kappa shape index (κ3) is 2.60. The maximum absolute atomic E-state index is 10.2. The highest BCUT2D eigenvalue weighted by molar-refractivity contribution is 5.69. The van der Waals surface area contributed by atoms with Gasteiger partial charge in [-0.15, -0.1) is 4.91 Å². The summed E-state index contributed by atoms with van der Waals surface area (Å²) in [5.41, 5.74) is 2.57. The molecule has 0 saturated carbocycles. The van der Waals surface area contributed by atoms with Crippen molar-refractivity contribution in [3.63, 3.8) is 0 Å². The monoisotopic (exact) mass is 210 g/mol. The zero-order valence-electron chi connectivity index (χ0n) is 8.58. The van der Waals surface area contributed by atoms with E-state index in [4.69, 9.17) is 0 Å². The van der Waals surface area contributed by atoms with E-state index in [1.54, 1.807) is 24.5 Å². The maximum Gasteiger partial charge on any atom is 0.108 e. The van der Waals surface area contributed by atoms with Gasteiger partial charge in [0.25, 0.3) is 0 Å². The zero-order valence-corrected chi connectivity index (χ0v) is 8.58. The topological polar surface area (TPSA) is 42.3 Å². The summed E-state index contributed by atoms with van der Waals surface area (Å²) in [5, 5.41) is 2.85. The third-order valence-corrected chi connectivity index (χ3v) is 2.17. The average Bonchev–Trinajstić information content (AvgIpc) is 2.38. The molecule has 0 atom stereocenters. The first kappa shape index (κ1) is 10.2. The highest BCUT2D eigenvalue weighted by atomic mass is 16.3. The number of hydrogen-bond donors (Lipinski definition) is 0. The standard InChI is InChI=1S/C13H10N2O/c16-15-13-5-3-11(4-6-13)1-2-12-7-9-14-10-8-12/h1-10H/b2-1+. The smallest absolute Gasteiger partial charge is 0.108 e. The largest absolute Gasteiger partial charge is 0.265 e. The molecule has 0 aliphatic rings. The fourth-order valence-corrected chi connectivity index (χ4v) is 1.31. The van der Waals surface area contributed by atoms with Crippen LogP contribution in [0.25, 0.3) is 12.2 Å². The van der Waals surface area contributed by atoms with Crippen molar-refractivity contribution >= 4 is 17.8 Å². The molecule has 0 aliphatic carbocycles. The van der Waals surface area contributed by atoms with E-state index < -0.39 is 0 Å². The molecule has 0 fully saturated rings. The number of nitrogens with zero attached hydrogens (tertiary/aromatic N) is 2. The van der Waals surface area contributed by atoms with Crippen molar-refractivity contribution in [1.82, 2.24) is 4.98 Å². The first-order chi connectivity index (χ1) is 7.88. The van der Waals surface area contributed by atoms with Gasteiger partial charge in [0.15, 0.2) is 0 Å². The number of aromatic nitrogens is 1. The van der Waals surface area contributed by atoms with Crippen molar-refractivity contribution in [2.45, 2.75) is 0 Å². The molecule has 3 nitrogen and oxygen atoms in total. The first-order valence-electron chi connectivity index (χ1n) is 4.90. The van der Waals surface area contributed by atoms with Gasteiger partial charge in [0.05, 0.1) is 0 Å². The van der Waals surface area contributed by atoms with E-state index in [0.29, 0.717) is 5.69 Å². The second-order valence-corrected chi connectivity index (χ2v) is 3.30. The normalized spacial score (nSPS) is 10.5. The quantitative estimate of drug-likeness (QED) is 0.725. The highest BCUT2D eigenvalue weighted by Gasteiger charge is 1.90. The van der Waals surface area contributed by atoms with Gasteiger partial charge in [0.1, 0.15) is 5.69 Å². The number of hydrogen-bond acceptors (Lipinski definition) is 3. The molecule has 0 aliphatic heterocycles. The zero-order chi connectivity index (χ0) is 11.2. The summed E-state index contributed by atoms with van der Waals surface area (Å²) in [6, 6.07) is 11.0. The Bertz CT molecular complexity index is 489. The van der Waals surface area contributed by atoms with Gasteiger partial charge in [0, 0.05) is 12.4 Å². The van der Waals surface area contributed by atoms with Gasteiger partial charge in [-0.25, -0.2) is 0 Å². The van der Waals surface area contributed by atoms with E-state index in [2.05, 4.69) is 10.2 Å². The Kier molecular flexibility index (Phi) is 3.18. The van der Waals surface area contributed by atoms with Crippen LogP contribution in [0.3, 0.4) is 0 Å². The van der Waals surface area contributed by atoms with Crippen LogP contribution in [0.4, 0.5) is 5.69 Å². The van der Waals surface area contributed by atoms with Gasteiger partial charge in [-0.2, -0.15) is 0 Å². The van der Waals surface area contributed by atoms with Crippen molar-refractivity contribution in [3.05, 3.63) is 64.8 Å². The molecule has 1 aromatic carbocycles. The van der Waals surface area contributed by atoms with Crippen molar-refractivity contribution < 1.29 is 0 Å². The molecule has 3 heteroatoms. The van der Waals surface area contributed by atoms with Crippen LogP contribution in [0.2, 0.25) is 0 Å². The van der Waals surface area contributed by atoms with Crippen molar-refractivity contribution in [2.24, 2.45) is 5.18 Å². The summed E-state index contributed by atoms with van der Waals surface area (Å²) in [6.07, 6.45) is 7.47. The van der Waals surface area contributed by atoms with Crippen molar-refractivity contribution in [1.29, 1.82) is 0 Å². The number of nitroso groups, excluding NO2 is 1. The second-order valence-electron chi connectivity index (χ2n) is 3.30. The van der Waals surface area contributed by atoms with Gasteiger partial charge < -0.3 is 0 Å². The molecular formula is C13H10N2O. The van der Waals surface area contributed by atoms with Crippen molar-refractivity contribution in [2.75, 3.05) is 0 Å². The average molecular weight is 210 g/mol. The highest BCUT2D eigenvalue weighted by Crippen LogP contribution is 2.14. The van der Waals surface area contributed by atoms with Gasteiger partial charge in [-0.05, 0) is 40.6 Å². The van der Waals surface area contributed by atoms with Crippen LogP contribution < -0.4 is 0 Å². The molecule has 1 aromatic heterocycles. The van der Waals surface area contributed by atoms with Crippen molar-refractivity contribution in [3.8, 4) is 0 Å². The fraction of sp³-hybridized carbons (Fsp3) is 0. The van der Waals surface area contributed by atoms with Crippen LogP contribution in [-0.2, 0) is 0 Å². The van der Waals surface area contributed by atoms with Gasteiger partial charge >= 0.3 is 0 Å². The lowest BCUT2D eigenvalue weighted by atomic mass is 10.1. The first-order valence-corrected chi connectivity index (χ1v) is 4.90. The molecule has 2 rings (SSSR count). The summed E-state index contributed by atoms with van der Waals surface area (Å²) in [6.45, 7) is 0. The van der Waals surface area contributed by atoms with E-state index in [1.807, 2.05) is 36.4 Å². The van der Waals surface area contributed by atoms with E-state index >= 15 is 0 Å². The Morgan fingerprint density at radius 1 is 0.875 bits per heavy atom. The molecule has 2 aromatic rings. The molecular weight excluding hydrogens is 200 g/mol. The Morgan fingerprint density at radius 2 is 1.44 bits per heavy atom. The van der Waals surface area contributed by atoms with Crippen LogP contribution in [-0.4, -0.2) is 4.98 Å². The summed E-state index contributed by atoms with van der Waals surface area (Å²) in [7, 11) is 0. The molecule has 0 saturated heterocycles. The Balaban J connectivity index is 2.14. The Morgan fingerprint density at radius 3 is 2.00 bits per heavy atom. The SMILES string of the molecule is O=Nc1ccc(/C=C/c2ccncc2)cc1. The Labute approximate surface area is 93.4 Å². The summed E-state index contributed by atoms with van der Waals surface area (Å²) in [4.78, 5) is 14.2. The van der Waals surface area contributed by atoms with Crippen LogP contribution in [0.1, 0.15) is 11.1 Å². The summed E-state index contributed by atoms with van der Waals surface area (Å²) >= 11 is 0. The molecule has 1 heterocycles. The fourth-order valence-electron chi connectivity index (χ4n) is 1.31. The minimum Gasteiger partial charge on any atom is -0.265 e. The molecule has 0 unspecified atom stereocenters. The number of rotatable bonds is 3. The minimum absolute atomic E-state index is 0.445. The molecule has 78 valence electrons. The van der Waals surface area contributed by atoms with E-state index in [0.717, 1.165) is 11.1 Å². The Hall–Kier alpha value is -2.29. The number of pyridine rings is 1. The van der Waals surface area contributed by atoms with Gasteiger partial charge in [-0.3, -0.25) is 4.98 Å². The van der Waals surface area contributed by atoms with Crippen LogP contribution in [0, 0.1) is 4.91 Å². The predicted octanol–water partition coefficient (Wildman–Crippen LogP) is 3.65. The summed E-state index contributed by atoms with van der Waals surface area (Å²) in [5.74, 6) is 0. The molecule has 0 N–H and O–H groups in total. The molecule has 0 bridgehead atoms. The summed E-state index contributed by atoms with van der Waals surface area (Å²) < 4.78 is 0. The molecule has 16 heavy (non-hydrogen) atoms. The van der Waals surface area contributed by atoms with Gasteiger partial charge in [0.2, 0.25) is 0 Å². The lowest BCUT2D eigenvalue weighted by Crippen LogP contribution is -1.73. The van der Waals surface area contributed by atoms with E-state index in [1.165, 1.54) is 0 Å². The number of benzene rings is 1. The maximum atomic E-state index is 10.2. The molecule has 0 radical (unpaired) electrons. The minimum atomic E-state index is 0.445. The van der Waals surface area contributed by atoms with E-state index in [-0.39, 0.29) is 0 Å². The van der Waals surface area contributed by atoms with E-state index in [9.17, 15) is 4.91 Å². The van der Waals surface area contributed by atoms with Gasteiger partial charge in [-0.1, -0.05) is 24.3 Å². The molecule has 0 amide bonds. The van der Waals surface area contributed by atoms with Crippen LogP contribution in [0.5, 0.6) is 0 Å². The molecule has 0 spiro atoms. The predicted molar refractivity (Wildman–Crippen MR) is 65.1 cm³/mol. The lowest BCUT2D eigenvalue weighted by molar-refractivity contribution is 1.32. The third-order valence-electron chi connectivity index (χ3n) is 2.17. The lowest BCUT2D eigenvalue weighted by Gasteiger charge is -1.94. The van der Waals surface area contributed by atoms with Crippen LogP contribution >= 0.6 is 0 Å². The second kappa shape index (κ2) is 4.98.